The molecule has 2 aromatic carbocycles. The molecule has 7 nitrogen and oxygen atoms in total. The number of likely N-dealkylation sites (tertiary alicyclic amines) is 1. The van der Waals surface area contributed by atoms with Gasteiger partial charge in [0.05, 0.1) is 13.2 Å². The van der Waals surface area contributed by atoms with E-state index in [9.17, 15) is 9.59 Å². The molecule has 0 radical (unpaired) electrons. The van der Waals surface area contributed by atoms with Gasteiger partial charge in [0, 0.05) is 51.4 Å². The molecular formula is C28H32N4O3. The van der Waals surface area contributed by atoms with Crippen LogP contribution in [0.15, 0.2) is 79.1 Å². The van der Waals surface area contributed by atoms with Gasteiger partial charge in [0.25, 0.3) is 5.91 Å². The number of piperidine rings is 1. The van der Waals surface area contributed by atoms with E-state index in [2.05, 4.69) is 29.2 Å². The highest BCUT2D eigenvalue weighted by molar-refractivity contribution is 6.07. The second kappa shape index (κ2) is 10.1. The molecule has 0 saturated carbocycles. The van der Waals surface area contributed by atoms with Crippen LogP contribution in [-0.2, 0) is 22.6 Å². The van der Waals surface area contributed by atoms with Gasteiger partial charge in [-0.2, -0.15) is 0 Å². The lowest BCUT2D eigenvalue weighted by Gasteiger charge is -2.42. The number of nitrogens with zero attached hydrogens (tertiary/aromatic N) is 4. The van der Waals surface area contributed by atoms with Crippen LogP contribution in [0.2, 0.25) is 0 Å². The largest absolute Gasteiger partial charge is 0.383 e. The Morgan fingerprint density at radius 1 is 0.857 bits per heavy atom. The second-order valence-corrected chi connectivity index (χ2v) is 9.37. The minimum absolute atomic E-state index is 0.0793. The van der Waals surface area contributed by atoms with Gasteiger partial charge in [-0.05, 0) is 48.2 Å². The zero-order valence-electron chi connectivity index (χ0n) is 20.2. The summed E-state index contributed by atoms with van der Waals surface area (Å²) in [7, 11) is 1.63. The standard InChI is InChI=1S/C28H32N4O3/c1-35-19-18-32-27(34)31(22-24-10-7-11-25(20-24)30-14-5-6-15-30)26(33)28(32)12-16-29(17-13-28)21-23-8-3-2-4-9-23/h2-11,14-15,20H,12-13,16-19,21-22H2,1H3. The number of amides is 3. The minimum Gasteiger partial charge on any atom is -0.383 e. The molecule has 0 unspecified atom stereocenters. The van der Waals surface area contributed by atoms with E-state index in [4.69, 9.17) is 4.74 Å². The van der Waals surface area contributed by atoms with Crippen molar-refractivity contribution in [2.75, 3.05) is 33.4 Å². The van der Waals surface area contributed by atoms with Gasteiger partial charge in [0.2, 0.25) is 0 Å². The number of urea groups is 1. The Morgan fingerprint density at radius 2 is 1.57 bits per heavy atom. The molecule has 2 aliphatic heterocycles. The number of carbonyl (C=O) groups is 2. The van der Waals surface area contributed by atoms with Crippen molar-refractivity contribution in [1.82, 2.24) is 19.3 Å². The van der Waals surface area contributed by atoms with Crippen LogP contribution in [0.25, 0.3) is 5.69 Å². The summed E-state index contributed by atoms with van der Waals surface area (Å²) >= 11 is 0. The van der Waals surface area contributed by atoms with Crippen LogP contribution in [0.3, 0.4) is 0 Å². The van der Waals surface area contributed by atoms with E-state index in [1.165, 1.54) is 10.5 Å². The maximum atomic E-state index is 13.8. The summed E-state index contributed by atoms with van der Waals surface area (Å²) < 4.78 is 7.31. The Bertz CT molecular complexity index is 1150. The lowest BCUT2D eigenvalue weighted by atomic mass is 9.85. The van der Waals surface area contributed by atoms with Gasteiger partial charge < -0.3 is 14.2 Å². The Balaban J connectivity index is 1.34. The SMILES string of the molecule is COCCN1C(=O)N(Cc2cccc(-n3cccc3)c2)C(=O)C12CCN(Cc1ccccc1)CC2. The number of hydrogen-bond donors (Lipinski definition) is 0. The van der Waals surface area contributed by atoms with Crippen LogP contribution < -0.4 is 0 Å². The third-order valence-electron chi connectivity index (χ3n) is 7.23. The van der Waals surface area contributed by atoms with Crippen molar-refractivity contribution in [3.8, 4) is 5.69 Å². The van der Waals surface area contributed by atoms with E-state index < -0.39 is 5.54 Å². The molecule has 2 saturated heterocycles. The molecular weight excluding hydrogens is 440 g/mol. The normalized spacial score (nSPS) is 18.1. The van der Waals surface area contributed by atoms with E-state index in [1.807, 2.05) is 59.4 Å². The van der Waals surface area contributed by atoms with E-state index >= 15 is 0 Å². The summed E-state index contributed by atoms with van der Waals surface area (Å²) in [5, 5.41) is 0. The monoisotopic (exact) mass is 472 g/mol. The van der Waals surface area contributed by atoms with Gasteiger partial charge in [0.15, 0.2) is 0 Å². The average molecular weight is 473 g/mol. The highest BCUT2D eigenvalue weighted by atomic mass is 16.5. The summed E-state index contributed by atoms with van der Waals surface area (Å²) in [6, 6.07) is 22.1. The number of rotatable bonds is 8. The fraction of sp³-hybridized carbons (Fsp3) is 0.357. The molecule has 1 aromatic heterocycles. The zero-order chi connectivity index (χ0) is 24.3. The molecule has 2 aliphatic rings. The van der Waals surface area contributed by atoms with Crippen LogP contribution in [0.1, 0.15) is 24.0 Å². The van der Waals surface area contributed by atoms with Crippen molar-refractivity contribution in [2.45, 2.75) is 31.5 Å². The van der Waals surface area contributed by atoms with E-state index in [1.54, 1.807) is 12.0 Å². The summed E-state index contributed by atoms with van der Waals surface area (Å²) in [5.74, 6) is -0.0793. The predicted octanol–water partition coefficient (Wildman–Crippen LogP) is 3.92. The third-order valence-corrected chi connectivity index (χ3v) is 7.23. The lowest BCUT2D eigenvalue weighted by Crippen LogP contribution is -2.57. The van der Waals surface area contributed by atoms with Crippen molar-refractivity contribution in [1.29, 1.82) is 0 Å². The van der Waals surface area contributed by atoms with Crippen molar-refractivity contribution in [2.24, 2.45) is 0 Å². The molecule has 0 aliphatic carbocycles. The summed E-state index contributed by atoms with van der Waals surface area (Å²) in [5.41, 5.74) is 2.41. The Hall–Kier alpha value is -3.42. The molecule has 0 N–H and O–H groups in total. The molecule has 3 amide bonds. The van der Waals surface area contributed by atoms with E-state index in [0.29, 0.717) is 26.0 Å². The van der Waals surface area contributed by atoms with Gasteiger partial charge in [0.1, 0.15) is 5.54 Å². The second-order valence-electron chi connectivity index (χ2n) is 9.37. The molecule has 7 heteroatoms. The summed E-state index contributed by atoms with van der Waals surface area (Å²) in [6.45, 7) is 3.49. The molecule has 0 atom stereocenters. The van der Waals surface area contributed by atoms with E-state index in [-0.39, 0.29) is 18.5 Å². The predicted molar refractivity (Wildman–Crippen MR) is 134 cm³/mol. The minimum atomic E-state index is -0.791. The fourth-order valence-corrected chi connectivity index (χ4v) is 5.33. The van der Waals surface area contributed by atoms with Crippen LogP contribution in [0.5, 0.6) is 0 Å². The molecule has 1 spiro atoms. The van der Waals surface area contributed by atoms with Crippen LogP contribution in [0, 0.1) is 0 Å². The number of methoxy groups -OCH3 is 1. The quantitative estimate of drug-likeness (QED) is 0.467. The van der Waals surface area contributed by atoms with Gasteiger partial charge >= 0.3 is 6.03 Å². The van der Waals surface area contributed by atoms with Gasteiger partial charge in [-0.3, -0.25) is 14.6 Å². The van der Waals surface area contributed by atoms with Crippen LogP contribution in [-0.4, -0.2) is 70.1 Å². The van der Waals surface area contributed by atoms with Crippen LogP contribution >= 0.6 is 0 Å². The lowest BCUT2D eigenvalue weighted by molar-refractivity contribution is -0.136. The van der Waals surface area contributed by atoms with Crippen molar-refractivity contribution < 1.29 is 14.3 Å². The first-order valence-corrected chi connectivity index (χ1v) is 12.2. The van der Waals surface area contributed by atoms with Crippen molar-refractivity contribution in [3.63, 3.8) is 0 Å². The first-order chi connectivity index (χ1) is 17.1. The van der Waals surface area contributed by atoms with E-state index in [0.717, 1.165) is 30.9 Å². The number of imide groups is 1. The molecule has 0 bridgehead atoms. The molecule has 182 valence electrons. The molecule has 5 rings (SSSR count). The topological polar surface area (TPSA) is 58.0 Å². The maximum Gasteiger partial charge on any atom is 0.328 e. The number of aromatic nitrogens is 1. The third kappa shape index (κ3) is 4.61. The molecule has 2 fully saturated rings. The van der Waals surface area contributed by atoms with Gasteiger partial charge in [-0.25, -0.2) is 4.79 Å². The Morgan fingerprint density at radius 3 is 2.29 bits per heavy atom. The van der Waals surface area contributed by atoms with Crippen LogP contribution in [0.4, 0.5) is 4.79 Å². The first-order valence-electron chi connectivity index (χ1n) is 12.2. The highest BCUT2D eigenvalue weighted by Crippen LogP contribution is 2.38. The molecule has 3 aromatic rings. The summed E-state index contributed by atoms with van der Waals surface area (Å²) in [6.07, 6.45) is 5.23. The smallest absolute Gasteiger partial charge is 0.328 e. The fourth-order valence-electron chi connectivity index (χ4n) is 5.33. The summed E-state index contributed by atoms with van der Waals surface area (Å²) in [4.78, 5) is 33.0. The maximum absolute atomic E-state index is 13.8. The van der Waals surface area contributed by atoms with Crippen molar-refractivity contribution in [3.05, 3.63) is 90.3 Å². The molecule has 35 heavy (non-hydrogen) atoms. The zero-order valence-corrected chi connectivity index (χ0v) is 20.2. The average Bonchev–Trinajstić information content (AvgIpc) is 3.49. The number of ether oxygens (including phenoxy) is 1. The molecule has 3 heterocycles. The Kier molecular flexibility index (Phi) is 6.70. The first kappa shape index (κ1) is 23.3. The van der Waals surface area contributed by atoms with Gasteiger partial charge in [-0.1, -0.05) is 42.5 Å². The highest BCUT2D eigenvalue weighted by Gasteiger charge is 2.57. The van der Waals surface area contributed by atoms with Gasteiger partial charge in [-0.15, -0.1) is 0 Å². The number of carbonyl (C=O) groups excluding carboxylic acids is 2. The number of hydrogen-bond acceptors (Lipinski definition) is 4. The van der Waals surface area contributed by atoms with Crippen molar-refractivity contribution >= 4 is 11.9 Å². The Labute approximate surface area is 206 Å². The number of benzene rings is 2.